The number of aromatic nitrogens is 2. The lowest BCUT2D eigenvalue weighted by molar-refractivity contribution is -0.117. The van der Waals surface area contributed by atoms with Crippen LogP contribution < -0.4 is 15.4 Å². The van der Waals surface area contributed by atoms with E-state index < -0.39 is 0 Å². The molecule has 2 aliphatic heterocycles. The van der Waals surface area contributed by atoms with E-state index in [2.05, 4.69) is 11.0 Å². The number of aryl methyl sites for hydroxylation is 1. The molecule has 0 radical (unpaired) electrons. The van der Waals surface area contributed by atoms with Gasteiger partial charge >= 0.3 is 0 Å². The van der Waals surface area contributed by atoms with Gasteiger partial charge in [0.05, 0.1) is 11.2 Å². The van der Waals surface area contributed by atoms with Crippen molar-refractivity contribution < 1.29 is 9.21 Å². The highest BCUT2D eigenvalue weighted by atomic mass is 16.3. The average Bonchev–Trinajstić information content (AvgIpc) is 3.51. The minimum Gasteiger partial charge on any atom is -0.440 e. The van der Waals surface area contributed by atoms with E-state index >= 15 is 0 Å². The Balaban J connectivity index is 1.27. The predicted molar refractivity (Wildman–Crippen MR) is 134 cm³/mol. The van der Waals surface area contributed by atoms with Crippen molar-refractivity contribution in [1.82, 2.24) is 9.55 Å². The molecule has 8 nitrogen and oxygen atoms in total. The molecule has 1 amide bonds. The number of piperidine rings is 1. The van der Waals surface area contributed by atoms with Crippen molar-refractivity contribution in [3.8, 4) is 6.07 Å². The Kier molecular flexibility index (Phi) is 5.06. The maximum Gasteiger partial charge on any atom is 0.270 e. The number of nitriles is 1. The van der Waals surface area contributed by atoms with Crippen LogP contribution in [0.3, 0.4) is 0 Å². The van der Waals surface area contributed by atoms with Gasteiger partial charge in [-0.25, -0.2) is 4.98 Å². The summed E-state index contributed by atoms with van der Waals surface area (Å²) in [6.07, 6.45) is 3.09. The SMILES string of the molecule is Cn1c(=O)c(C#N)c(N2CCC(c3nc4cc(N5CCCC5=O)ccc4o3)CC2)c2ccccc21. The largest absolute Gasteiger partial charge is 0.440 e. The summed E-state index contributed by atoms with van der Waals surface area (Å²) in [7, 11) is 1.71. The molecule has 35 heavy (non-hydrogen) atoms. The molecule has 0 spiro atoms. The first-order chi connectivity index (χ1) is 17.0. The number of benzene rings is 2. The summed E-state index contributed by atoms with van der Waals surface area (Å²) in [6, 6.07) is 15.6. The first-order valence-corrected chi connectivity index (χ1v) is 12.0. The van der Waals surface area contributed by atoms with Gasteiger partial charge in [-0.3, -0.25) is 9.59 Å². The quantitative estimate of drug-likeness (QED) is 0.451. The summed E-state index contributed by atoms with van der Waals surface area (Å²) in [5.74, 6) is 1.01. The number of para-hydroxylation sites is 1. The minimum absolute atomic E-state index is 0.152. The Labute approximate surface area is 202 Å². The van der Waals surface area contributed by atoms with Crippen LogP contribution in [-0.4, -0.2) is 35.1 Å². The predicted octanol–water partition coefficient (Wildman–Crippen LogP) is 4.06. The third-order valence-corrected chi connectivity index (χ3v) is 7.32. The van der Waals surface area contributed by atoms with Gasteiger partial charge in [0.1, 0.15) is 17.1 Å². The number of hydrogen-bond donors (Lipinski definition) is 0. The number of nitrogens with zero attached hydrogens (tertiary/aromatic N) is 5. The number of carbonyl (C=O) groups excluding carboxylic acids is 1. The maximum atomic E-state index is 12.9. The van der Waals surface area contributed by atoms with Gasteiger partial charge in [-0.05, 0) is 43.5 Å². The summed E-state index contributed by atoms with van der Waals surface area (Å²) in [5, 5.41) is 10.7. The molecule has 2 saturated heterocycles. The van der Waals surface area contributed by atoms with Crippen molar-refractivity contribution in [2.24, 2.45) is 7.05 Å². The summed E-state index contributed by atoms with van der Waals surface area (Å²) < 4.78 is 7.65. The van der Waals surface area contributed by atoms with E-state index in [4.69, 9.17) is 9.40 Å². The van der Waals surface area contributed by atoms with Crippen LogP contribution in [-0.2, 0) is 11.8 Å². The molecule has 4 heterocycles. The maximum absolute atomic E-state index is 12.9. The van der Waals surface area contributed by atoms with Gasteiger partial charge in [0.15, 0.2) is 11.5 Å². The topological polar surface area (TPSA) is 95.4 Å². The first kappa shape index (κ1) is 21.4. The van der Waals surface area contributed by atoms with Crippen LogP contribution in [0.5, 0.6) is 0 Å². The zero-order valence-corrected chi connectivity index (χ0v) is 19.5. The van der Waals surface area contributed by atoms with Crippen LogP contribution in [0.15, 0.2) is 51.7 Å². The Morgan fingerprint density at radius 2 is 1.89 bits per heavy atom. The molecular formula is C27H25N5O3. The third kappa shape index (κ3) is 3.46. The zero-order valence-electron chi connectivity index (χ0n) is 19.5. The number of anilines is 2. The first-order valence-electron chi connectivity index (χ1n) is 12.0. The third-order valence-electron chi connectivity index (χ3n) is 7.32. The lowest BCUT2D eigenvalue weighted by atomic mass is 9.95. The Bertz CT molecular complexity index is 1570. The number of oxazole rings is 1. The van der Waals surface area contributed by atoms with Gasteiger partial charge in [-0.1, -0.05) is 18.2 Å². The fraction of sp³-hybridized carbons (Fsp3) is 0.333. The molecule has 0 aliphatic carbocycles. The number of pyridine rings is 1. The second-order valence-corrected chi connectivity index (χ2v) is 9.33. The molecule has 8 heteroatoms. The van der Waals surface area contributed by atoms with Gasteiger partial charge in [0.2, 0.25) is 5.91 Å². The summed E-state index contributed by atoms with van der Waals surface area (Å²) in [4.78, 5) is 33.7. The molecule has 2 aliphatic rings. The molecule has 0 bridgehead atoms. The van der Waals surface area contributed by atoms with E-state index in [0.717, 1.165) is 59.2 Å². The van der Waals surface area contributed by atoms with E-state index in [-0.39, 0.29) is 22.9 Å². The van der Waals surface area contributed by atoms with Crippen molar-refractivity contribution >= 4 is 39.3 Å². The molecule has 4 aromatic rings. The normalized spacial score (nSPS) is 17.0. The molecular weight excluding hydrogens is 442 g/mol. The van der Waals surface area contributed by atoms with Gasteiger partial charge in [0.25, 0.3) is 5.56 Å². The number of fused-ring (bicyclic) bond motifs is 2. The lowest BCUT2D eigenvalue weighted by Crippen LogP contribution is -2.35. The molecule has 0 N–H and O–H groups in total. The fourth-order valence-corrected chi connectivity index (χ4v) is 5.46. The second kappa shape index (κ2) is 8.27. The van der Waals surface area contributed by atoms with E-state index in [1.54, 1.807) is 11.6 Å². The smallest absolute Gasteiger partial charge is 0.270 e. The molecule has 0 saturated carbocycles. The molecule has 2 fully saturated rings. The molecule has 2 aromatic carbocycles. The zero-order chi connectivity index (χ0) is 24.1. The van der Waals surface area contributed by atoms with Crippen molar-refractivity contribution in [2.45, 2.75) is 31.6 Å². The van der Waals surface area contributed by atoms with E-state index in [9.17, 15) is 14.9 Å². The van der Waals surface area contributed by atoms with Crippen LogP contribution in [0, 0.1) is 11.3 Å². The lowest BCUT2D eigenvalue weighted by Gasteiger charge is -2.33. The molecule has 0 unspecified atom stereocenters. The standard InChI is InChI=1S/C27H25N5O3/c1-30-22-6-3-2-5-19(22)25(20(16-28)27(30)34)31-13-10-17(11-14-31)26-29-21-15-18(8-9-23(21)35-26)32-12-4-7-24(32)33/h2-3,5-6,8-9,15,17H,4,7,10-14H2,1H3. The fourth-order valence-electron chi connectivity index (χ4n) is 5.46. The number of hydrogen-bond acceptors (Lipinski definition) is 6. The van der Waals surface area contributed by atoms with Crippen molar-refractivity contribution in [3.05, 3.63) is 64.3 Å². The van der Waals surface area contributed by atoms with Crippen molar-refractivity contribution in [3.63, 3.8) is 0 Å². The summed E-state index contributed by atoms with van der Waals surface area (Å²) >= 11 is 0. The molecule has 6 rings (SSSR count). The molecule has 0 atom stereocenters. The number of amides is 1. The molecule has 2 aromatic heterocycles. The van der Waals surface area contributed by atoms with Gasteiger partial charge < -0.3 is 18.8 Å². The van der Waals surface area contributed by atoms with E-state index in [0.29, 0.717) is 25.4 Å². The highest BCUT2D eigenvalue weighted by Crippen LogP contribution is 2.36. The highest BCUT2D eigenvalue weighted by molar-refractivity contribution is 5.97. The van der Waals surface area contributed by atoms with Crippen molar-refractivity contribution in [1.29, 1.82) is 5.26 Å². The monoisotopic (exact) mass is 467 g/mol. The number of carbonyl (C=O) groups is 1. The number of rotatable bonds is 3. The van der Waals surface area contributed by atoms with Crippen LogP contribution in [0.2, 0.25) is 0 Å². The van der Waals surface area contributed by atoms with Gasteiger partial charge in [-0.2, -0.15) is 5.26 Å². The van der Waals surface area contributed by atoms with E-state index in [1.807, 2.05) is 47.4 Å². The summed E-state index contributed by atoms with van der Waals surface area (Å²) in [6.45, 7) is 2.14. The van der Waals surface area contributed by atoms with E-state index in [1.165, 1.54) is 0 Å². The van der Waals surface area contributed by atoms with Crippen LogP contribution >= 0.6 is 0 Å². The Hall–Kier alpha value is -4.12. The Morgan fingerprint density at radius 3 is 2.63 bits per heavy atom. The van der Waals surface area contributed by atoms with Crippen molar-refractivity contribution in [2.75, 3.05) is 29.4 Å². The van der Waals surface area contributed by atoms with Crippen LogP contribution in [0.25, 0.3) is 22.0 Å². The van der Waals surface area contributed by atoms with Crippen LogP contribution in [0.1, 0.15) is 43.1 Å². The second-order valence-electron chi connectivity index (χ2n) is 9.33. The summed E-state index contributed by atoms with van der Waals surface area (Å²) in [5.41, 5.74) is 3.83. The highest BCUT2D eigenvalue weighted by Gasteiger charge is 2.29. The average molecular weight is 468 g/mol. The minimum atomic E-state index is -0.269. The molecule has 176 valence electrons. The van der Waals surface area contributed by atoms with Gasteiger partial charge in [0, 0.05) is 50.1 Å². The van der Waals surface area contributed by atoms with Crippen LogP contribution in [0.4, 0.5) is 11.4 Å². The Morgan fingerprint density at radius 1 is 1.09 bits per heavy atom. The van der Waals surface area contributed by atoms with Gasteiger partial charge in [-0.15, -0.1) is 0 Å².